The average molecular weight is 1030 g/mol. The first-order valence-electron chi connectivity index (χ1n) is 29.1. The molecule has 15 atom stereocenters. The lowest BCUT2D eigenvalue weighted by atomic mass is 9.30. The molecule has 10 heteroatoms. The molecular weight excluding hydrogens is 957 g/mol. The summed E-state index contributed by atoms with van der Waals surface area (Å²) < 4.78 is 0. The zero-order chi connectivity index (χ0) is 52.0. The van der Waals surface area contributed by atoms with E-state index in [1.807, 2.05) is 18.5 Å². The van der Waals surface area contributed by atoms with Crippen LogP contribution in [0.2, 0.25) is 0 Å². The highest BCUT2D eigenvalue weighted by molar-refractivity contribution is 6.03. The van der Waals surface area contributed by atoms with Crippen molar-refractivity contribution in [3.8, 4) is 28.7 Å². The number of nitrogens with zero attached hydrogens (tertiary/aromatic N) is 1. The molecule has 5 aromatic carbocycles. The summed E-state index contributed by atoms with van der Waals surface area (Å²) in [5.41, 5.74) is 7.96. The van der Waals surface area contributed by atoms with Gasteiger partial charge in [-0.25, -0.2) is 4.98 Å². The fourth-order valence-corrected chi connectivity index (χ4v) is 20.1. The van der Waals surface area contributed by atoms with Gasteiger partial charge in [-0.3, -0.25) is 0 Å². The van der Waals surface area contributed by atoms with Crippen molar-refractivity contribution < 1.29 is 30.6 Å². The molecule has 6 aromatic rings. The van der Waals surface area contributed by atoms with Crippen LogP contribution in [0.3, 0.4) is 0 Å². The Hall–Kier alpha value is -6.33. The van der Waals surface area contributed by atoms with Gasteiger partial charge in [-0.15, -0.1) is 0 Å². The van der Waals surface area contributed by atoms with Gasteiger partial charge in [0.05, 0.1) is 23.5 Å². The van der Waals surface area contributed by atoms with Crippen LogP contribution in [0.15, 0.2) is 122 Å². The number of H-pyrrole nitrogens is 1. The number of benzene rings is 5. The number of aliphatic hydroxyl groups is 1. The molecule has 396 valence electrons. The van der Waals surface area contributed by atoms with Gasteiger partial charge in [-0.1, -0.05) is 116 Å². The average Bonchev–Trinajstić information content (AvgIpc) is 4.36. The van der Waals surface area contributed by atoms with Crippen LogP contribution in [0.1, 0.15) is 134 Å². The van der Waals surface area contributed by atoms with Crippen molar-refractivity contribution in [2.45, 2.75) is 138 Å². The van der Waals surface area contributed by atoms with Gasteiger partial charge in [0.1, 0.15) is 5.75 Å². The Balaban J connectivity index is 0.841. The summed E-state index contributed by atoms with van der Waals surface area (Å²) in [6, 6.07) is 30.8. The molecular formula is C67H72N4O6. The Morgan fingerprint density at radius 2 is 1.55 bits per heavy atom. The summed E-state index contributed by atoms with van der Waals surface area (Å²) in [7, 11) is 0. The van der Waals surface area contributed by atoms with Gasteiger partial charge in [0, 0.05) is 52.7 Å². The second kappa shape index (κ2) is 17.6. The second-order valence-electron chi connectivity index (χ2n) is 25.6. The van der Waals surface area contributed by atoms with Crippen molar-refractivity contribution in [3.05, 3.63) is 166 Å². The third-order valence-electron chi connectivity index (χ3n) is 22.8. The molecule has 0 unspecified atom stereocenters. The van der Waals surface area contributed by atoms with E-state index in [4.69, 9.17) is 10.3 Å². The number of phenols is 5. The number of aromatic amines is 1. The fourth-order valence-electron chi connectivity index (χ4n) is 20.1. The highest BCUT2D eigenvalue weighted by Gasteiger charge is 2.80. The number of imidazole rings is 1. The normalized spacial score (nSPS) is 37.2. The van der Waals surface area contributed by atoms with E-state index in [1.165, 1.54) is 98.5 Å². The summed E-state index contributed by atoms with van der Waals surface area (Å²) in [6.45, 7) is 0. The number of aliphatic hydroxyl groups excluding tert-OH is 1. The summed E-state index contributed by atoms with van der Waals surface area (Å²) in [4.78, 5) is 9.44. The van der Waals surface area contributed by atoms with E-state index < -0.39 is 6.10 Å². The number of piperidine rings is 2. The van der Waals surface area contributed by atoms with Crippen molar-refractivity contribution in [2.24, 2.45) is 45.8 Å². The molecule has 6 aliphatic carbocycles. The maximum atomic E-state index is 13.2. The van der Waals surface area contributed by atoms with E-state index in [0.29, 0.717) is 64.6 Å². The van der Waals surface area contributed by atoms with Crippen LogP contribution in [-0.4, -0.2) is 64.8 Å². The van der Waals surface area contributed by atoms with Gasteiger partial charge in [0.15, 0.2) is 23.0 Å². The molecule has 0 amide bonds. The minimum Gasteiger partial charge on any atom is -0.507 e. The maximum Gasteiger partial charge on any atom is 0.169 e. The van der Waals surface area contributed by atoms with Crippen LogP contribution in [-0.2, 0) is 24.7 Å². The molecule has 9 aliphatic rings. The second-order valence-corrected chi connectivity index (χ2v) is 25.6. The standard InChI is InChI=1S/C67H72N4O6/c72-54-27-15-39(32-57(54)75)14-23-47-48-9-4-10-55(73)58(48)60(77)59(76)49(47)24-13-38-11-16-41(17-12-38)52-35-64(34-45-22-25-46(53(36-64)70-45)40-6-2-1-3-7-40)50-33-44-19-18-43-20-26-51-63(69-37-68-51)67(62(50)71-52)61-56(74)28-21-42-8-5-29-65(42,61)30-31-66(43,44)67/h1-4,6-7,9-12,14-17,21-23,25,27-28,32,37,42-46,50,52-53,56,61-62,70-77H,5,8,13,18-20,24,26,29-31,33-36H2,(H,68,69)/b23-14+/t42-,43-,44-,45-,46-,50-,52+,53-,56-,61+,62-,64+,65+,66+,67+/m0/s1. The first kappa shape index (κ1) is 47.8. The predicted molar refractivity (Wildman–Crippen MR) is 299 cm³/mol. The number of hydrogen-bond acceptors (Lipinski definition) is 9. The third-order valence-corrected chi connectivity index (χ3v) is 22.8. The van der Waals surface area contributed by atoms with E-state index in [2.05, 4.69) is 89.2 Å². The SMILES string of the molecule is Oc1ccc(/C=C/c2c(CCc3ccc([C@H]4C[C@]5(C[C@@H]6N[C@@H](C=C[C@H]6c6ccccc6)C5)[C@H]5C[C@@H]6CC[C@H]7CCc8[nH]cnc8[C@@]8([C@@H]9[C@@H](O)C=C[C@@H]%10CCC[C@@]%109CC[C@@]768)[C@H]5N4)cc3)c(O)c(O)c3c(O)cccc23)cc1O. The molecule has 3 aliphatic heterocycles. The van der Waals surface area contributed by atoms with Crippen molar-refractivity contribution in [1.29, 1.82) is 0 Å². The van der Waals surface area contributed by atoms with Gasteiger partial charge in [-0.2, -0.15) is 0 Å². The van der Waals surface area contributed by atoms with E-state index in [-0.39, 0.29) is 85.8 Å². The largest absolute Gasteiger partial charge is 0.507 e. The van der Waals surface area contributed by atoms with Crippen molar-refractivity contribution >= 4 is 22.9 Å². The Morgan fingerprint density at radius 1 is 0.688 bits per heavy atom. The first-order valence-corrected chi connectivity index (χ1v) is 29.1. The number of aromatic hydroxyl groups is 5. The number of rotatable bonds is 7. The summed E-state index contributed by atoms with van der Waals surface area (Å²) >= 11 is 0. The van der Waals surface area contributed by atoms with Crippen LogP contribution >= 0.6 is 0 Å². The number of phenolic OH excluding ortho intramolecular Hbond substituents is 5. The van der Waals surface area contributed by atoms with Gasteiger partial charge in [-0.05, 0) is 181 Å². The monoisotopic (exact) mass is 1030 g/mol. The molecule has 10 nitrogen and oxygen atoms in total. The van der Waals surface area contributed by atoms with Crippen LogP contribution in [0, 0.1) is 45.8 Å². The van der Waals surface area contributed by atoms with E-state index in [9.17, 15) is 30.6 Å². The first-order chi connectivity index (χ1) is 37.5. The molecule has 15 rings (SSSR count). The molecule has 9 N–H and O–H groups in total. The number of aryl methyl sites for hydroxylation is 2. The van der Waals surface area contributed by atoms with Crippen LogP contribution in [0.5, 0.6) is 28.7 Å². The zero-order valence-corrected chi connectivity index (χ0v) is 43.8. The van der Waals surface area contributed by atoms with E-state index in [0.717, 1.165) is 31.2 Å². The molecule has 1 aromatic heterocycles. The summed E-state index contributed by atoms with van der Waals surface area (Å²) in [5.74, 6) is 1.21. The van der Waals surface area contributed by atoms with Crippen LogP contribution in [0.4, 0.5) is 0 Å². The van der Waals surface area contributed by atoms with Crippen molar-refractivity contribution in [3.63, 3.8) is 0 Å². The molecule has 2 bridgehead atoms. The van der Waals surface area contributed by atoms with Gasteiger partial charge < -0.3 is 46.3 Å². The van der Waals surface area contributed by atoms with E-state index >= 15 is 0 Å². The Kier molecular flexibility index (Phi) is 10.9. The third kappa shape index (κ3) is 6.80. The van der Waals surface area contributed by atoms with Crippen LogP contribution < -0.4 is 10.6 Å². The smallest absolute Gasteiger partial charge is 0.169 e. The molecule has 77 heavy (non-hydrogen) atoms. The quantitative estimate of drug-likeness (QED) is 0.0428. The molecule has 6 fully saturated rings. The van der Waals surface area contributed by atoms with Gasteiger partial charge in [0.2, 0.25) is 0 Å². The zero-order valence-electron chi connectivity index (χ0n) is 43.8. The fraction of sp³-hybridized carbons (Fsp3) is 0.448. The molecule has 4 heterocycles. The molecule has 2 saturated heterocycles. The lowest BCUT2D eigenvalue weighted by molar-refractivity contribution is -0.229. The minimum atomic E-state index is -0.535. The van der Waals surface area contributed by atoms with Gasteiger partial charge in [0.25, 0.3) is 0 Å². The van der Waals surface area contributed by atoms with Crippen LogP contribution in [0.25, 0.3) is 22.9 Å². The molecule has 0 radical (unpaired) electrons. The highest BCUT2D eigenvalue weighted by atomic mass is 16.3. The minimum absolute atomic E-state index is 0.0153. The van der Waals surface area contributed by atoms with Gasteiger partial charge >= 0.3 is 0 Å². The number of allylic oxidation sites excluding steroid dienone is 1. The number of aromatic nitrogens is 2. The predicted octanol–water partition coefficient (Wildman–Crippen LogP) is 12.0. The van der Waals surface area contributed by atoms with Crippen molar-refractivity contribution in [1.82, 2.24) is 20.6 Å². The summed E-state index contributed by atoms with van der Waals surface area (Å²) in [5, 5.41) is 77.2. The van der Waals surface area contributed by atoms with Crippen molar-refractivity contribution in [2.75, 3.05) is 0 Å². The number of hydrogen-bond donors (Lipinski definition) is 9. The topological polar surface area (TPSA) is 174 Å². The molecule has 3 spiro atoms. The highest BCUT2D eigenvalue weighted by Crippen LogP contribution is 2.81. The number of fused-ring (bicyclic) bond motifs is 6. The summed E-state index contributed by atoms with van der Waals surface area (Å²) in [6.07, 6.45) is 31.1. The maximum absolute atomic E-state index is 13.2. The lowest BCUT2D eigenvalue weighted by Crippen LogP contribution is -2.79. The Morgan fingerprint density at radius 3 is 2.40 bits per heavy atom. The van der Waals surface area contributed by atoms with E-state index in [1.54, 1.807) is 18.2 Å². The molecule has 4 saturated carbocycles. The Labute approximate surface area is 451 Å². The number of nitrogens with one attached hydrogen (secondary N) is 3. The lowest BCUT2D eigenvalue weighted by Gasteiger charge is -2.75. The Bertz CT molecular complexity index is 3400.